The Morgan fingerprint density at radius 2 is 1.51 bits per heavy atom. The van der Waals surface area contributed by atoms with E-state index in [9.17, 15) is 14.4 Å². The van der Waals surface area contributed by atoms with Gasteiger partial charge in [-0.25, -0.2) is 14.6 Å². The van der Waals surface area contributed by atoms with Gasteiger partial charge in [0.1, 0.15) is 15.8 Å². The molecule has 1 aliphatic heterocycles. The standard InChI is InChI=1S/C32H46N2O7S4/c1-39-28(35)16-13-11-9-7-5-3-2-4-6-8-10-12-14-20-43-44-21-15-19-40-32(38)41-24-17-18-25-27(22-24)45-30(33-25)29-34-26(23-42-29)31(36)37/h17-18,22,26H,2-16,19-21,23H2,1H3,(H,36,37). The quantitative estimate of drug-likeness (QED) is 0.0488. The van der Waals surface area contributed by atoms with Crippen LogP contribution in [-0.2, 0) is 19.1 Å². The van der Waals surface area contributed by atoms with Crippen LogP contribution in [0.4, 0.5) is 4.79 Å². The lowest BCUT2D eigenvalue weighted by Gasteiger charge is -2.06. The van der Waals surface area contributed by atoms with Crippen LogP contribution in [0.15, 0.2) is 23.2 Å². The number of carbonyl (C=O) groups is 3. The Labute approximate surface area is 282 Å². The molecule has 250 valence electrons. The number of fused-ring (bicyclic) bond motifs is 1. The lowest BCUT2D eigenvalue weighted by Crippen LogP contribution is -2.17. The molecular weight excluding hydrogens is 653 g/mol. The third kappa shape index (κ3) is 15.5. The summed E-state index contributed by atoms with van der Waals surface area (Å²) in [5.74, 6) is 1.84. The first-order valence-electron chi connectivity index (χ1n) is 16.0. The summed E-state index contributed by atoms with van der Waals surface area (Å²) in [5.41, 5.74) is 0.743. The van der Waals surface area contributed by atoms with Crippen molar-refractivity contribution in [3.05, 3.63) is 23.2 Å². The minimum Gasteiger partial charge on any atom is -0.480 e. The molecule has 0 saturated heterocycles. The number of ether oxygens (including phenoxy) is 3. The van der Waals surface area contributed by atoms with E-state index >= 15 is 0 Å². The Hall–Kier alpha value is -1.96. The van der Waals surface area contributed by atoms with Gasteiger partial charge in [-0.3, -0.25) is 9.79 Å². The third-order valence-electron chi connectivity index (χ3n) is 7.19. The summed E-state index contributed by atoms with van der Waals surface area (Å²) in [6.45, 7) is 0.318. The van der Waals surface area contributed by atoms with Crippen molar-refractivity contribution in [2.75, 3.05) is 31.0 Å². The maximum Gasteiger partial charge on any atom is 0.513 e. The van der Waals surface area contributed by atoms with Gasteiger partial charge >= 0.3 is 18.1 Å². The predicted octanol–water partition coefficient (Wildman–Crippen LogP) is 9.16. The lowest BCUT2D eigenvalue weighted by atomic mass is 10.0. The highest BCUT2D eigenvalue weighted by Gasteiger charge is 2.27. The van der Waals surface area contributed by atoms with Gasteiger partial charge in [0.2, 0.25) is 0 Å². The maximum absolute atomic E-state index is 12.1. The second-order valence-corrected chi connectivity index (χ2v) is 15.6. The number of thioether (sulfide) groups is 1. The first-order chi connectivity index (χ1) is 22.0. The molecule has 1 aromatic heterocycles. The monoisotopic (exact) mass is 698 g/mol. The SMILES string of the molecule is COC(=O)CCCCCCCCCCCCCCCSSCCCOC(=O)Oc1ccc2nc(C3=NC(C(=O)O)CS3)sc2c1. The van der Waals surface area contributed by atoms with Crippen molar-refractivity contribution >= 4 is 78.0 Å². The zero-order chi connectivity index (χ0) is 32.1. The van der Waals surface area contributed by atoms with Crippen molar-refractivity contribution in [1.82, 2.24) is 4.98 Å². The average molecular weight is 699 g/mol. The number of nitrogens with zero attached hydrogens (tertiary/aromatic N) is 2. The van der Waals surface area contributed by atoms with Crippen LogP contribution in [0.3, 0.4) is 0 Å². The van der Waals surface area contributed by atoms with Crippen LogP contribution in [0.25, 0.3) is 10.2 Å². The number of aliphatic imine (C=N–C) groups is 1. The van der Waals surface area contributed by atoms with Crippen LogP contribution < -0.4 is 4.74 Å². The number of esters is 1. The summed E-state index contributed by atoms with van der Waals surface area (Å²) in [7, 11) is 5.17. The fourth-order valence-electron chi connectivity index (χ4n) is 4.67. The second kappa shape index (κ2) is 22.5. The highest BCUT2D eigenvalue weighted by molar-refractivity contribution is 8.76. The number of aliphatic carboxylic acids is 1. The summed E-state index contributed by atoms with van der Waals surface area (Å²) in [4.78, 5) is 43.1. The fourth-order valence-corrected chi connectivity index (χ4v) is 8.97. The molecule has 1 N–H and O–H groups in total. The molecule has 45 heavy (non-hydrogen) atoms. The van der Waals surface area contributed by atoms with Gasteiger partial charge in [-0.15, -0.1) is 23.1 Å². The highest BCUT2D eigenvalue weighted by Crippen LogP contribution is 2.32. The first-order valence-corrected chi connectivity index (χ1v) is 20.3. The van der Waals surface area contributed by atoms with E-state index in [-0.39, 0.29) is 5.97 Å². The number of methoxy groups -OCH3 is 1. The lowest BCUT2D eigenvalue weighted by molar-refractivity contribution is -0.141. The maximum atomic E-state index is 12.1. The summed E-state index contributed by atoms with van der Waals surface area (Å²) in [6, 6.07) is 4.45. The van der Waals surface area contributed by atoms with Gasteiger partial charge in [0, 0.05) is 29.7 Å². The Balaban J connectivity index is 1.09. The molecule has 0 spiro atoms. The molecular formula is C32H46N2O7S4. The van der Waals surface area contributed by atoms with E-state index in [2.05, 4.69) is 14.7 Å². The van der Waals surface area contributed by atoms with Crippen molar-refractivity contribution in [3.8, 4) is 5.75 Å². The van der Waals surface area contributed by atoms with Crippen LogP contribution in [0.2, 0.25) is 0 Å². The number of unbranched alkanes of at least 4 members (excludes halogenated alkanes) is 12. The summed E-state index contributed by atoms with van der Waals surface area (Å²) < 4.78 is 16.1. The minimum absolute atomic E-state index is 0.0934. The van der Waals surface area contributed by atoms with E-state index in [4.69, 9.17) is 14.6 Å². The van der Waals surface area contributed by atoms with Crippen molar-refractivity contribution in [1.29, 1.82) is 0 Å². The number of carbonyl (C=O) groups excluding carboxylic acids is 2. The molecule has 1 unspecified atom stereocenters. The molecule has 0 aliphatic carbocycles. The molecule has 1 atom stereocenters. The molecule has 0 radical (unpaired) electrons. The zero-order valence-electron chi connectivity index (χ0n) is 26.2. The van der Waals surface area contributed by atoms with Gasteiger partial charge in [0.05, 0.1) is 23.9 Å². The minimum atomic E-state index is -0.932. The number of aromatic nitrogens is 1. The summed E-state index contributed by atoms with van der Waals surface area (Å²) in [6.07, 6.45) is 17.1. The van der Waals surface area contributed by atoms with Gasteiger partial charge < -0.3 is 19.3 Å². The Morgan fingerprint density at radius 3 is 2.13 bits per heavy atom. The van der Waals surface area contributed by atoms with E-state index in [0.717, 1.165) is 41.0 Å². The number of hydrogen-bond donors (Lipinski definition) is 1. The number of carboxylic acid groups (broad SMARTS) is 1. The molecule has 2 aromatic rings. The van der Waals surface area contributed by atoms with E-state index in [0.29, 0.717) is 34.6 Å². The predicted molar refractivity (Wildman–Crippen MR) is 188 cm³/mol. The summed E-state index contributed by atoms with van der Waals surface area (Å²) >= 11 is 2.78. The largest absolute Gasteiger partial charge is 0.513 e. The molecule has 0 amide bonds. The second-order valence-electron chi connectivity index (χ2n) is 10.9. The first kappa shape index (κ1) is 37.5. The number of carboxylic acids is 1. The Bertz CT molecular complexity index is 1220. The molecule has 1 aliphatic rings. The molecule has 2 heterocycles. The molecule has 0 fully saturated rings. The zero-order valence-corrected chi connectivity index (χ0v) is 29.4. The van der Waals surface area contributed by atoms with Crippen LogP contribution in [0, 0.1) is 0 Å². The molecule has 3 rings (SSSR count). The number of rotatable bonds is 24. The van der Waals surface area contributed by atoms with E-state index in [1.165, 1.54) is 101 Å². The van der Waals surface area contributed by atoms with Crippen molar-refractivity contribution in [3.63, 3.8) is 0 Å². The van der Waals surface area contributed by atoms with Crippen LogP contribution >= 0.6 is 44.7 Å². The molecule has 0 saturated carbocycles. The van der Waals surface area contributed by atoms with Crippen molar-refractivity contribution in [2.45, 2.75) is 102 Å². The fraction of sp³-hybridized carbons (Fsp3) is 0.656. The van der Waals surface area contributed by atoms with Gasteiger partial charge in [0.15, 0.2) is 6.04 Å². The highest BCUT2D eigenvalue weighted by atomic mass is 33.1. The smallest absolute Gasteiger partial charge is 0.480 e. The Morgan fingerprint density at radius 1 is 0.889 bits per heavy atom. The van der Waals surface area contributed by atoms with Gasteiger partial charge in [-0.05, 0) is 31.4 Å². The van der Waals surface area contributed by atoms with Crippen LogP contribution in [-0.4, -0.2) is 70.2 Å². The molecule has 9 nitrogen and oxygen atoms in total. The topological polar surface area (TPSA) is 124 Å². The van der Waals surface area contributed by atoms with Gasteiger partial charge in [-0.2, -0.15) is 0 Å². The normalized spacial score (nSPS) is 14.4. The number of hydrogen-bond acceptors (Lipinski definition) is 12. The molecule has 1 aromatic carbocycles. The van der Waals surface area contributed by atoms with E-state index in [1.807, 2.05) is 21.6 Å². The third-order valence-corrected chi connectivity index (χ3v) is 12.0. The number of thiazole rings is 1. The average Bonchev–Trinajstić information content (AvgIpc) is 3.69. The van der Waals surface area contributed by atoms with Gasteiger partial charge in [-0.1, -0.05) is 92.2 Å². The van der Waals surface area contributed by atoms with Crippen LogP contribution in [0.1, 0.15) is 101 Å². The van der Waals surface area contributed by atoms with Crippen molar-refractivity contribution in [2.24, 2.45) is 4.99 Å². The Kier molecular flexibility index (Phi) is 18.8. The molecule has 0 bridgehead atoms. The van der Waals surface area contributed by atoms with E-state index in [1.54, 1.807) is 18.2 Å². The summed E-state index contributed by atoms with van der Waals surface area (Å²) in [5, 5.41) is 10.5. The van der Waals surface area contributed by atoms with E-state index < -0.39 is 18.2 Å². The van der Waals surface area contributed by atoms with Crippen molar-refractivity contribution < 1.29 is 33.7 Å². The van der Waals surface area contributed by atoms with Crippen LogP contribution in [0.5, 0.6) is 5.75 Å². The molecule has 13 heteroatoms. The number of benzene rings is 1. The van der Waals surface area contributed by atoms with Gasteiger partial charge in [0.25, 0.3) is 0 Å².